The van der Waals surface area contributed by atoms with Gasteiger partial charge in [-0.05, 0) is 56.8 Å². The number of ether oxygens (including phenoxy) is 1. The maximum absolute atomic E-state index is 6.03. The largest absolute Gasteiger partial charge is 0.375 e. The fourth-order valence-electron chi connectivity index (χ4n) is 3.43. The molecule has 2 rings (SSSR count). The summed E-state index contributed by atoms with van der Waals surface area (Å²) in [6.07, 6.45) is 6.67. The van der Waals surface area contributed by atoms with Gasteiger partial charge in [0.2, 0.25) is 0 Å². The number of aromatic nitrogens is 1. The first-order valence-corrected chi connectivity index (χ1v) is 7.91. The minimum Gasteiger partial charge on any atom is -0.375 e. The summed E-state index contributed by atoms with van der Waals surface area (Å²) in [5.74, 6) is 1.17. The lowest BCUT2D eigenvalue weighted by molar-refractivity contribution is 0.0476. The predicted octanol–water partition coefficient (Wildman–Crippen LogP) is 3.05. The molecule has 0 radical (unpaired) electrons. The Bertz CT molecular complexity index is 395. The van der Waals surface area contributed by atoms with E-state index in [-0.39, 0.29) is 0 Å². The minimum absolute atomic E-state index is 0.330. The van der Waals surface area contributed by atoms with Crippen molar-refractivity contribution >= 4 is 0 Å². The number of nitrogens with zero attached hydrogens (tertiary/aromatic N) is 1. The zero-order valence-electron chi connectivity index (χ0n) is 13.2. The van der Waals surface area contributed by atoms with Crippen molar-refractivity contribution in [3.8, 4) is 0 Å². The Morgan fingerprint density at radius 1 is 1.20 bits per heavy atom. The summed E-state index contributed by atoms with van der Waals surface area (Å²) in [6.45, 7) is 10.0. The van der Waals surface area contributed by atoms with Crippen LogP contribution < -0.4 is 5.32 Å². The van der Waals surface area contributed by atoms with Gasteiger partial charge in [0.25, 0.3) is 0 Å². The number of hydrogen-bond acceptors (Lipinski definition) is 3. The molecule has 112 valence electrons. The van der Waals surface area contributed by atoms with Crippen LogP contribution in [-0.2, 0) is 11.2 Å². The van der Waals surface area contributed by atoms with Crippen molar-refractivity contribution in [1.29, 1.82) is 0 Å². The van der Waals surface area contributed by atoms with Gasteiger partial charge in [0, 0.05) is 24.4 Å². The third-order valence-electron chi connectivity index (χ3n) is 4.65. The van der Waals surface area contributed by atoms with Gasteiger partial charge >= 0.3 is 0 Å². The molecule has 3 nitrogen and oxygen atoms in total. The molecule has 0 amide bonds. The van der Waals surface area contributed by atoms with E-state index in [2.05, 4.69) is 50.1 Å². The second-order valence-corrected chi connectivity index (χ2v) is 6.10. The molecule has 2 heterocycles. The number of pyridine rings is 1. The van der Waals surface area contributed by atoms with Crippen LogP contribution in [0.15, 0.2) is 24.5 Å². The van der Waals surface area contributed by atoms with Crippen molar-refractivity contribution in [1.82, 2.24) is 10.3 Å². The molecule has 5 unspecified atom stereocenters. The Morgan fingerprint density at radius 3 is 2.45 bits per heavy atom. The topological polar surface area (TPSA) is 34.2 Å². The lowest BCUT2D eigenvalue weighted by Gasteiger charge is -2.30. The highest BCUT2D eigenvalue weighted by Crippen LogP contribution is 2.35. The minimum atomic E-state index is 0.330. The Morgan fingerprint density at radius 2 is 1.90 bits per heavy atom. The zero-order chi connectivity index (χ0) is 14.5. The van der Waals surface area contributed by atoms with Crippen LogP contribution in [0.5, 0.6) is 0 Å². The smallest absolute Gasteiger partial charge is 0.0597 e. The molecular weight excluding hydrogens is 248 g/mol. The van der Waals surface area contributed by atoms with Gasteiger partial charge in [0.15, 0.2) is 0 Å². The van der Waals surface area contributed by atoms with E-state index in [4.69, 9.17) is 4.74 Å². The first kappa shape index (κ1) is 15.5. The van der Waals surface area contributed by atoms with Crippen LogP contribution in [0.3, 0.4) is 0 Å². The molecule has 0 bridgehead atoms. The molecule has 0 saturated carbocycles. The fourth-order valence-corrected chi connectivity index (χ4v) is 3.43. The molecule has 0 spiro atoms. The van der Waals surface area contributed by atoms with E-state index in [0.717, 1.165) is 13.0 Å². The molecule has 1 aliphatic rings. The third-order valence-corrected chi connectivity index (χ3v) is 4.65. The quantitative estimate of drug-likeness (QED) is 0.867. The summed E-state index contributed by atoms with van der Waals surface area (Å²) in [5.41, 5.74) is 1.35. The van der Waals surface area contributed by atoms with Crippen molar-refractivity contribution in [3.63, 3.8) is 0 Å². The fraction of sp³-hybridized carbons (Fsp3) is 0.706. The molecule has 1 aliphatic heterocycles. The Balaban J connectivity index is 2.10. The van der Waals surface area contributed by atoms with Gasteiger partial charge in [-0.15, -0.1) is 0 Å². The van der Waals surface area contributed by atoms with Gasteiger partial charge in [0.05, 0.1) is 12.2 Å². The summed E-state index contributed by atoms with van der Waals surface area (Å²) < 4.78 is 6.03. The second kappa shape index (κ2) is 7.19. The Kier molecular flexibility index (Phi) is 5.55. The molecule has 1 N–H and O–H groups in total. The highest BCUT2D eigenvalue weighted by Gasteiger charge is 2.41. The molecule has 20 heavy (non-hydrogen) atoms. The van der Waals surface area contributed by atoms with Gasteiger partial charge in [-0.1, -0.05) is 13.8 Å². The van der Waals surface area contributed by atoms with Gasteiger partial charge in [-0.3, -0.25) is 4.98 Å². The average Bonchev–Trinajstić information content (AvgIpc) is 2.70. The van der Waals surface area contributed by atoms with Crippen LogP contribution >= 0.6 is 0 Å². The molecule has 5 atom stereocenters. The van der Waals surface area contributed by atoms with E-state index in [0.29, 0.717) is 30.1 Å². The normalized spacial score (nSPS) is 31.4. The summed E-state index contributed by atoms with van der Waals surface area (Å²) in [7, 11) is 0. The molecular formula is C17H28N2O. The van der Waals surface area contributed by atoms with Crippen LogP contribution in [0.1, 0.15) is 39.7 Å². The first-order chi connectivity index (χ1) is 9.63. The second-order valence-electron chi connectivity index (χ2n) is 6.10. The number of rotatable bonds is 6. The summed E-state index contributed by atoms with van der Waals surface area (Å²) >= 11 is 0. The molecule has 0 aromatic carbocycles. The Hall–Kier alpha value is -0.930. The molecule has 0 aliphatic carbocycles. The molecule has 3 heteroatoms. The van der Waals surface area contributed by atoms with E-state index in [1.54, 1.807) is 0 Å². The van der Waals surface area contributed by atoms with Gasteiger partial charge in [-0.25, -0.2) is 0 Å². The first-order valence-electron chi connectivity index (χ1n) is 7.91. The number of hydrogen-bond donors (Lipinski definition) is 1. The highest BCUT2D eigenvalue weighted by molar-refractivity contribution is 5.12. The van der Waals surface area contributed by atoms with Crippen molar-refractivity contribution in [2.75, 3.05) is 6.54 Å². The zero-order valence-corrected chi connectivity index (χ0v) is 13.2. The lowest BCUT2D eigenvalue weighted by atomic mass is 9.81. The van der Waals surface area contributed by atoms with E-state index in [1.165, 1.54) is 12.0 Å². The van der Waals surface area contributed by atoms with E-state index in [1.807, 2.05) is 12.4 Å². The standard InChI is InChI=1S/C17H28N2O/c1-5-8-19-16(11-15-6-9-18-10-7-15)17-12(2)13(3)20-14(17)4/h6-7,9-10,12-14,16-17,19H,5,8,11H2,1-4H3. The predicted molar refractivity (Wildman–Crippen MR) is 82.7 cm³/mol. The van der Waals surface area contributed by atoms with E-state index >= 15 is 0 Å². The van der Waals surface area contributed by atoms with Gasteiger partial charge in [-0.2, -0.15) is 0 Å². The summed E-state index contributed by atoms with van der Waals surface area (Å²) in [6, 6.07) is 4.72. The van der Waals surface area contributed by atoms with Crippen molar-refractivity contribution in [3.05, 3.63) is 30.1 Å². The van der Waals surface area contributed by atoms with Crippen LogP contribution in [-0.4, -0.2) is 29.8 Å². The maximum atomic E-state index is 6.03. The molecule has 1 fully saturated rings. The van der Waals surface area contributed by atoms with Crippen LogP contribution in [0.25, 0.3) is 0 Å². The van der Waals surface area contributed by atoms with Crippen molar-refractivity contribution in [2.24, 2.45) is 11.8 Å². The van der Waals surface area contributed by atoms with Gasteiger partial charge in [0.1, 0.15) is 0 Å². The summed E-state index contributed by atoms with van der Waals surface area (Å²) in [4.78, 5) is 4.11. The maximum Gasteiger partial charge on any atom is 0.0597 e. The molecule has 1 aromatic heterocycles. The lowest BCUT2D eigenvalue weighted by Crippen LogP contribution is -2.43. The average molecular weight is 276 g/mol. The van der Waals surface area contributed by atoms with Crippen molar-refractivity contribution in [2.45, 2.75) is 58.8 Å². The molecule has 1 saturated heterocycles. The third kappa shape index (κ3) is 3.58. The van der Waals surface area contributed by atoms with E-state index < -0.39 is 0 Å². The number of nitrogens with one attached hydrogen (secondary N) is 1. The van der Waals surface area contributed by atoms with Crippen LogP contribution in [0.4, 0.5) is 0 Å². The highest BCUT2D eigenvalue weighted by atomic mass is 16.5. The summed E-state index contributed by atoms with van der Waals surface area (Å²) in [5, 5.41) is 3.74. The Labute approximate surface area is 123 Å². The monoisotopic (exact) mass is 276 g/mol. The SMILES string of the molecule is CCCNC(Cc1ccncc1)C1C(C)OC(C)C1C. The van der Waals surface area contributed by atoms with Gasteiger partial charge < -0.3 is 10.1 Å². The van der Waals surface area contributed by atoms with Crippen LogP contribution in [0.2, 0.25) is 0 Å². The molecule has 1 aromatic rings. The van der Waals surface area contributed by atoms with E-state index in [9.17, 15) is 0 Å². The van der Waals surface area contributed by atoms with Crippen molar-refractivity contribution < 1.29 is 4.74 Å². The van der Waals surface area contributed by atoms with Crippen LogP contribution in [0, 0.1) is 11.8 Å².